The number of ether oxygens (including phenoxy) is 1. The first-order valence-corrected chi connectivity index (χ1v) is 12.5. The molecule has 174 valence electrons. The summed E-state index contributed by atoms with van der Waals surface area (Å²) in [6.45, 7) is 8.29. The molecule has 2 aromatic carbocycles. The summed E-state index contributed by atoms with van der Waals surface area (Å²) >= 11 is 1.86. The van der Waals surface area contributed by atoms with Gasteiger partial charge in [-0.2, -0.15) is 0 Å². The van der Waals surface area contributed by atoms with Crippen LogP contribution in [0.5, 0.6) is 5.75 Å². The summed E-state index contributed by atoms with van der Waals surface area (Å²) in [5.41, 5.74) is 9.34. The van der Waals surface area contributed by atoms with Gasteiger partial charge in [0.25, 0.3) is 5.91 Å². The first-order chi connectivity index (χ1) is 16.0. The van der Waals surface area contributed by atoms with Gasteiger partial charge in [0.2, 0.25) is 0 Å². The van der Waals surface area contributed by atoms with Crippen molar-refractivity contribution < 1.29 is 9.53 Å². The summed E-state index contributed by atoms with van der Waals surface area (Å²) < 4.78 is 5.59. The Morgan fingerprint density at radius 1 is 1.15 bits per heavy atom. The van der Waals surface area contributed by atoms with Gasteiger partial charge in [-0.15, -0.1) is 11.3 Å². The van der Waals surface area contributed by atoms with Crippen molar-refractivity contribution in [2.24, 2.45) is 5.73 Å². The van der Waals surface area contributed by atoms with E-state index in [-0.39, 0.29) is 11.9 Å². The minimum atomic E-state index is -0.116. The second kappa shape index (κ2) is 11.0. The number of benzene rings is 2. The highest BCUT2D eigenvalue weighted by atomic mass is 32.1. The lowest BCUT2D eigenvalue weighted by atomic mass is 10.0. The molecule has 0 unspecified atom stereocenters. The van der Waals surface area contributed by atoms with E-state index in [1.165, 1.54) is 41.2 Å². The Balaban J connectivity index is 1.44. The molecule has 1 saturated heterocycles. The zero-order chi connectivity index (χ0) is 23.2. The third kappa shape index (κ3) is 6.02. The van der Waals surface area contributed by atoms with E-state index >= 15 is 0 Å². The summed E-state index contributed by atoms with van der Waals surface area (Å²) in [5.74, 6) is 0.556. The Morgan fingerprint density at radius 2 is 1.97 bits per heavy atom. The van der Waals surface area contributed by atoms with Gasteiger partial charge in [-0.1, -0.05) is 24.3 Å². The molecule has 3 N–H and O–H groups in total. The van der Waals surface area contributed by atoms with Crippen molar-refractivity contribution in [3.8, 4) is 16.2 Å². The summed E-state index contributed by atoms with van der Waals surface area (Å²) in [4.78, 5) is 18.2. The van der Waals surface area contributed by atoms with Gasteiger partial charge in [-0.05, 0) is 86.8 Å². The van der Waals surface area contributed by atoms with Gasteiger partial charge in [0, 0.05) is 28.4 Å². The van der Waals surface area contributed by atoms with Crippen LogP contribution >= 0.6 is 11.3 Å². The van der Waals surface area contributed by atoms with Gasteiger partial charge < -0.3 is 15.8 Å². The van der Waals surface area contributed by atoms with E-state index in [2.05, 4.69) is 46.6 Å². The minimum Gasteiger partial charge on any atom is -0.492 e. The quantitative estimate of drug-likeness (QED) is 0.461. The Kier molecular flexibility index (Phi) is 7.81. The SMILES string of the molecule is Cc1ccc(OCCN)cc1C(=O)N[C@H](C)c1cccc(-c2ccc(CN3CCCC3)s2)c1. The molecule has 0 bridgehead atoms. The smallest absolute Gasteiger partial charge is 0.252 e. The largest absolute Gasteiger partial charge is 0.492 e. The van der Waals surface area contributed by atoms with Crippen LogP contribution in [-0.4, -0.2) is 37.0 Å². The molecule has 1 atom stereocenters. The van der Waals surface area contributed by atoms with Gasteiger partial charge in [0.1, 0.15) is 12.4 Å². The van der Waals surface area contributed by atoms with Crippen LogP contribution in [0.25, 0.3) is 10.4 Å². The first kappa shape index (κ1) is 23.5. The highest BCUT2D eigenvalue weighted by Crippen LogP contribution is 2.31. The predicted octanol–water partition coefficient (Wildman–Crippen LogP) is 5.15. The molecule has 4 rings (SSSR count). The number of amides is 1. The van der Waals surface area contributed by atoms with E-state index in [0.717, 1.165) is 17.7 Å². The van der Waals surface area contributed by atoms with Crippen LogP contribution in [0.3, 0.4) is 0 Å². The number of hydrogen-bond donors (Lipinski definition) is 2. The van der Waals surface area contributed by atoms with E-state index in [1.54, 1.807) is 6.07 Å². The maximum absolute atomic E-state index is 13.0. The number of nitrogens with two attached hydrogens (primary N) is 1. The van der Waals surface area contributed by atoms with Crippen molar-refractivity contribution >= 4 is 17.2 Å². The van der Waals surface area contributed by atoms with Crippen molar-refractivity contribution in [1.29, 1.82) is 0 Å². The van der Waals surface area contributed by atoms with Crippen LogP contribution in [-0.2, 0) is 6.54 Å². The Morgan fingerprint density at radius 3 is 2.76 bits per heavy atom. The number of carbonyl (C=O) groups is 1. The highest BCUT2D eigenvalue weighted by molar-refractivity contribution is 7.15. The lowest BCUT2D eigenvalue weighted by Gasteiger charge is -2.17. The fraction of sp³-hybridized carbons (Fsp3) is 0.370. The monoisotopic (exact) mass is 463 g/mol. The number of nitrogens with one attached hydrogen (secondary N) is 1. The number of aryl methyl sites for hydroxylation is 1. The third-order valence-electron chi connectivity index (χ3n) is 6.10. The number of thiophene rings is 1. The Labute approximate surface area is 200 Å². The molecule has 0 spiro atoms. The highest BCUT2D eigenvalue weighted by Gasteiger charge is 2.16. The van der Waals surface area contributed by atoms with E-state index in [9.17, 15) is 4.79 Å². The van der Waals surface area contributed by atoms with Crippen LogP contribution < -0.4 is 15.8 Å². The van der Waals surface area contributed by atoms with Crippen LogP contribution in [0.1, 0.15) is 52.2 Å². The van der Waals surface area contributed by atoms with Crippen molar-refractivity contribution in [2.45, 2.75) is 39.3 Å². The minimum absolute atomic E-state index is 0.104. The van der Waals surface area contributed by atoms with Gasteiger partial charge in [-0.3, -0.25) is 9.69 Å². The maximum atomic E-state index is 13.0. The molecule has 1 aromatic heterocycles. The summed E-state index contributed by atoms with van der Waals surface area (Å²) in [5, 5.41) is 3.15. The van der Waals surface area contributed by atoms with Crippen molar-refractivity contribution in [1.82, 2.24) is 10.2 Å². The average molecular weight is 464 g/mol. The second-order valence-electron chi connectivity index (χ2n) is 8.68. The molecule has 1 aliphatic heterocycles. The predicted molar refractivity (Wildman–Crippen MR) is 136 cm³/mol. The van der Waals surface area contributed by atoms with Gasteiger partial charge in [-0.25, -0.2) is 0 Å². The Hall–Kier alpha value is -2.67. The second-order valence-corrected chi connectivity index (χ2v) is 9.85. The summed E-state index contributed by atoms with van der Waals surface area (Å²) in [6, 6.07) is 18.4. The van der Waals surface area contributed by atoms with Crippen molar-refractivity contribution in [3.63, 3.8) is 0 Å². The van der Waals surface area contributed by atoms with Gasteiger partial charge in [0.05, 0.1) is 6.04 Å². The molecule has 0 saturated carbocycles. The first-order valence-electron chi connectivity index (χ1n) is 11.7. The molecule has 0 aliphatic carbocycles. The Bertz CT molecular complexity index is 1090. The fourth-order valence-electron chi connectivity index (χ4n) is 4.21. The van der Waals surface area contributed by atoms with Crippen molar-refractivity contribution in [3.05, 3.63) is 76.2 Å². The van der Waals surface area contributed by atoms with E-state index in [0.29, 0.717) is 24.5 Å². The topological polar surface area (TPSA) is 67.6 Å². The number of rotatable bonds is 9. The zero-order valence-electron chi connectivity index (χ0n) is 19.5. The van der Waals surface area contributed by atoms with Crippen LogP contribution in [0, 0.1) is 6.92 Å². The molecule has 33 heavy (non-hydrogen) atoms. The molecular weight excluding hydrogens is 430 g/mol. The molecule has 1 aliphatic rings. The number of hydrogen-bond acceptors (Lipinski definition) is 5. The van der Waals surface area contributed by atoms with Gasteiger partial charge >= 0.3 is 0 Å². The standard InChI is InChI=1S/C27H33N3O2S/c1-19-8-9-23(32-15-12-28)17-25(19)27(31)29-20(2)21-6-5-7-22(16-21)26-11-10-24(33-26)18-30-13-3-4-14-30/h5-11,16-17,20H,3-4,12-15,18,28H2,1-2H3,(H,29,31)/t20-/m1/s1. The molecule has 2 heterocycles. The van der Waals surface area contributed by atoms with Crippen LogP contribution in [0.4, 0.5) is 0 Å². The third-order valence-corrected chi connectivity index (χ3v) is 7.22. The molecule has 1 amide bonds. The van der Waals surface area contributed by atoms with Crippen LogP contribution in [0.2, 0.25) is 0 Å². The fourth-order valence-corrected chi connectivity index (χ4v) is 5.26. The summed E-state index contributed by atoms with van der Waals surface area (Å²) in [6.07, 6.45) is 2.63. The van der Waals surface area contributed by atoms with Gasteiger partial charge in [0.15, 0.2) is 0 Å². The van der Waals surface area contributed by atoms with E-state index in [1.807, 2.05) is 37.3 Å². The normalized spacial score (nSPS) is 14.9. The molecule has 3 aromatic rings. The average Bonchev–Trinajstić information content (AvgIpc) is 3.51. The molecule has 1 fully saturated rings. The molecule has 6 heteroatoms. The summed E-state index contributed by atoms with van der Waals surface area (Å²) in [7, 11) is 0. The van der Waals surface area contributed by atoms with Crippen LogP contribution in [0.15, 0.2) is 54.6 Å². The molecule has 0 radical (unpaired) electrons. The zero-order valence-corrected chi connectivity index (χ0v) is 20.3. The maximum Gasteiger partial charge on any atom is 0.252 e. The molecule has 5 nitrogen and oxygen atoms in total. The number of carbonyl (C=O) groups excluding carboxylic acids is 1. The van der Waals surface area contributed by atoms with E-state index in [4.69, 9.17) is 10.5 Å². The van der Waals surface area contributed by atoms with E-state index < -0.39 is 0 Å². The molecular formula is C27H33N3O2S. The number of nitrogens with zero attached hydrogens (tertiary/aromatic N) is 1. The van der Waals surface area contributed by atoms with Crippen molar-refractivity contribution in [2.75, 3.05) is 26.2 Å². The lowest BCUT2D eigenvalue weighted by Crippen LogP contribution is -2.27. The lowest BCUT2D eigenvalue weighted by molar-refractivity contribution is 0.0939. The number of likely N-dealkylation sites (tertiary alicyclic amines) is 1.